The fourth-order valence-corrected chi connectivity index (χ4v) is 3.33. The van der Waals surface area contributed by atoms with E-state index < -0.39 is 0 Å². The van der Waals surface area contributed by atoms with Crippen LogP contribution in [-0.2, 0) is 11.3 Å². The zero-order chi connectivity index (χ0) is 18.4. The van der Waals surface area contributed by atoms with E-state index in [0.717, 1.165) is 30.8 Å². The van der Waals surface area contributed by atoms with Crippen molar-refractivity contribution in [2.45, 2.75) is 25.5 Å². The second-order valence-electron chi connectivity index (χ2n) is 6.11. The summed E-state index contributed by atoms with van der Waals surface area (Å²) in [5, 5.41) is 4.47. The number of rotatable bonds is 6. The summed E-state index contributed by atoms with van der Waals surface area (Å²) in [6, 6.07) is 11.3. The number of thiocarbonyl (C=S) groups is 1. The molecule has 3 rings (SSSR count). The second kappa shape index (κ2) is 9.16. The van der Waals surface area contributed by atoms with Crippen LogP contribution < -0.4 is 10.1 Å². The Morgan fingerprint density at radius 3 is 3.00 bits per heavy atom. The molecule has 7 heteroatoms. The van der Waals surface area contributed by atoms with Crippen LogP contribution in [0.3, 0.4) is 0 Å². The molecule has 1 atom stereocenters. The van der Waals surface area contributed by atoms with Crippen molar-refractivity contribution in [2.75, 3.05) is 25.6 Å². The highest BCUT2D eigenvalue weighted by Crippen LogP contribution is 2.28. The van der Waals surface area contributed by atoms with Gasteiger partial charge >= 0.3 is 0 Å². The van der Waals surface area contributed by atoms with Gasteiger partial charge in [0.25, 0.3) is 0 Å². The smallest absolute Gasteiger partial charge is 0.173 e. The Morgan fingerprint density at radius 2 is 2.31 bits per heavy atom. The van der Waals surface area contributed by atoms with E-state index in [1.165, 1.54) is 0 Å². The molecule has 1 aliphatic heterocycles. The molecule has 2 aromatic rings. The number of aromatic nitrogens is 1. The lowest BCUT2D eigenvalue weighted by Crippen LogP contribution is -2.39. The van der Waals surface area contributed by atoms with Crippen molar-refractivity contribution >= 4 is 34.6 Å². The molecular weight excluding hydrogens is 370 g/mol. The number of nitrogens with one attached hydrogen (secondary N) is 1. The van der Waals surface area contributed by atoms with E-state index in [4.69, 9.17) is 33.3 Å². The third-order valence-corrected chi connectivity index (χ3v) is 4.81. The van der Waals surface area contributed by atoms with Gasteiger partial charge in [-0.25, -0.2) is 0 Å². The number of anilines is 1. The van der Waals surface area contributed by atoms with Gasteiger partial charge in [0.2, 0.25) is 0 Å². The minimum Gasteiger partial charge on any atom is -0.495 e. The Bertz CT molecular complexity index is 739. The Kier molecular flexibility index (Phi) is 6.66. The first kappa shape index (κ1) is 18.9. The van der Waals surface area contributed by atoms with E-state index >= 15 is 0 Å². The lowest BCUT2D eigenvalue weighted by atomic mass is 10.2. The largest absolute Gasteiger partial charge is 0.495 e. The van der Waals surface area contributed by atoms with Gasteiger partial charge in [0.15, 0.2) is 5.11 Å². The van der Waals surface area contributed by atoms with Crippen molar-refractivity contribution in [1.29, 1.82) is 0 Å². The molecular formula is C19H22ClN3O2S. The van der Waals surface area contributed by atoms with Crippen LogP contribution in [0.2, 0.25) is 5.02 Å². The number of halogens is 1. The molecule has 1 saturated heterocycles. The Morgan fingerprint density at radius 1 is 1.42 bits per heavy atom. The number of benzene rings is 1. The highest BCUT2D eigenvalue weighted by molar-refractivity contribution is 7.80. The van der Waals surface area contributed by atoms with Crippen LogP contribution in [0, 0.1) is 0 Å². The third-order valence-electron chi connectivity index (χ3n) is 4.22. The van der Waals surface area contributed by atoms with E-state index in [1.807, 2.05) is 24.3 Å². The summed E-state index contributed by atoms with van der Waals surface area (Å²) in [5.74, 6) is 0.687. The highest BCUT2D eigenvalue weighted by Gasteiger charge is 2.22. The lowest BCUT2D eigenvalue weighted by molar-refractivity contribution is 0.0903. The number of nitrogens with zero attached hydrogens (tertiary/aromatic N) is 2. The minimum atomic E-state index is 0.180. The van der Waals surface area contributed by atoms with Crippen molar-refractivity contribution in [1.82, 2.24) is 9.88 Å². The average Bonchev–Trinajstić information content (AvgIpc) is 3.15. The van der Waals surface area contributed by atoms with E-state index in [0.29, 0.717) is 29.0 Å². The zero-order valence-corrected chi connectivity index (χ0v) is 16.2. The van der Waals surface area contributed by atoms with Crippen LogP contribution in [0.4, 0.5) is 5.69 Å². The quantitative estimate of drug-likeness (QED) is 0.747. The van der Waals surface area contributed by atoms with Gasteiger partial charge in [0.1, 0.15) is 5.75 Å². The first-order chi connectivity index (χ1) is 12.7. The number of ether oxygens (including phenoxy) is 2. The number of hydrogen-bond donors (Lipinski definition) is 1. The van der Waals surface area contributed by atoms with E-state index in [2.05, 4.69) is 15.2 Å². The molecule has 1 aromatic carbocycles. The predicted molar refractivity (Wildman–Crippen MR) is 108 cm³/mol. The van der Waals surface area contributed by atoms with E-state index in [9.17, 15) is 0 Å². The van der Waals surface area contributed by atoms with Gasteiger partial charge in [0.05, 0.1) is 31.1 Å². The van der Waals surface area contributed by atoms with Crippen molar-refractivity contribution < 1.29 is 9.47 Å². The molecule has 1 fully saturated rings. The van der Waals surface area contributed by atoms with Gasteiger partial charge in [-0.1, -0.05) is 17.7 Å². The summed E-state index contributed by atoms with van der Waals surface area (Å²) in [4.78, 5) is 6.49. The van der Waals surface area contributed by atoms with E-state index in [1.54, 1.807) is 25.4 Å². The first-order valence-electron chi connectivity index (χ1n) is 8.56. The van der Waals surface area contributed by atoms with E-state index in [-0.39, 0.29) is 6.10 Å². The highest BCUT2D eigenvalue weighted by atomic mass is 35.5. The van der Waals surface area contributed by atoms with Crippen LogP contribution >= 0.6 is 23.8 Å². The zero-order valence-electron chi connectivity index (χ0n) is 14.7. The molecule has 1 aliphatic rings. The summed E-state index contributed by atoms with van der Waals surface area (Å²) in [5.41, 5.74) is 1.69. The maximum atomic E-state index is 6.12. The van der Waals surface area contributed by atoms with Crippen LogP contribution in [0.1, 0.15) is 18.5 Å². The molecule has 1 N–H and O–H groups in total. The molecule has 5 nitrogen and oxygen atoms in total. The third kappa shape index (κ3) is 5.06. The number of methoxy groups -OCH3 is 1. The summed E-state index contributed by atoms with van der Waals surface area (Å²) in [6.07, 6.45) is 4.10. The maximum Gasteiger partial charge on any atom is 0.173 e. The Labute approximate surface area is 164 Å². The molecule has 0 spiro atoms. The maximum absolute atomic E-state index is 6.12. The minimum absolute atomic E-state index is 0.180. The molecule has 1 aromatic heterocycles. The van der Waals surface area contributed by atoms with Crippen LogP contribution in [-0.4, -0.2) is 41.4 Å². The van der Waals surface area contributed by atoms with Gasteiger partial charge in [-0.15, -0.1) is 0 Å². The second-order valence-corrected chi connectivity index (χ2v) is 6.93. The molecule has 0 bridgehead atoms. The van der Waals surface area contributed by atoms with Crippen LogP contribution in [0.25, 0.3) is 0 Å². The topological polar surface area (TPSA) is 46.6 Å². The molecule has 0 radical (unpaired) electrons. The lowest BCUT2D eigenvalue weighted by Gasteiger charge is -2.28. The van der Waals surface area contributed by atoms with Crippen molar-refractivity contribution in [3.8, 4) is 5.75 Å². The van der Waals surface area contributed by atoms with Crippen LogP contribution in [0.15, 0.2) is 42.6 Å². The standard InChI is InChI=1S/C19H22ClN3O2S/c1-24-18-8-7-14(20)11-17(18)22-19(26)23(13-16-6-4-10-25-16)12-15-5-2-3-9-21-15/h2-3,5,7-9,11,16H,4,6,10,12-13H2,1H3,(H,22,26). The monoisotopic (exact) mass is 391 g/mol. The van der Waals surface area contributed by atoms with Gasteiger partial charge in [0, 0.05) is 24.4 Å². The fraction of sp³-hybridized carbons (Fsp3) is 0.368. The van der Waals surface area contributed by atoms with Crippen molar-refractivity contribution in [3.63, 3.8) is 0 Å². The first-order valence-corrected chi connectivity index (χ1v) is 9.35. The fourth-order valence-electron chi connectivity index (χ4n) is 2.91. The van der Waals surface area contributed by atoms with Gasteiger partial charge in [-0.2, -0.15) is 0 Å². The number of hydrogen-bond acceptors (Lipinski definition) is 4. The molecule has 138 valence electrons. The number of pyridine rings is 1. The van der Waals surface area contributed by atoms with Crippen LogP contribution in [0.5, 0.6) is 5.75 Å². The SMILES string of the molecule is COc1ccc(Cl)cc1NC(=S)N(Cc1ccccn1)CC1CCCO1. The summed E-state index contributed by atoms with van der Waals surface area (Å²) in [7, 11) is 1.62. The van der Waals surface area contributed by atoms with Crippen molar-refractivity contribution in [3.05, 3.63) is 53.3 Å². The summed E-state index contributed by atoms with van der Waals surface area (Å²) in [6.45, 7) is 2.13. The molecule has 0 amide bonds. The van der Waals surface area contributed by atoms with Crippen molar-refractivity contribution in [2.24, 2.45) is 0 Å². The molecule has 2 heterocycles. The van der Waals surface area contributed by atoms with Gasteiger partial charge < -0.3 is 19.7 Å². The average molecular weight is 392 g/mol. The normalized spacial score (nSPS) is 16.3. The molecule has 0 aliphatic carbocycles. The molecule has 26 heavy (non-hydrogen) atoms. The Hall–Kier alpha value is -1.89. The molecule has 1 unspecified atom stereocenters. The molecule has 0 saturated carbocycles. The summed E-state index contributed by atoms with van der Waals surface area (Å²) < 4.78 is 11.2. The summed E-state index contributed by atoms with van der Waals surface area (Å²) >= 11 is 11.8. The van der Waals surface area contributed by atoms with Gasteiger partial charge in [-0.05, 0) is 55.4 Å². The predicted octanol–water partition coefficient (Wildman–Crippen LogP) is 4.12. The Balaban J connectivity index is 1.76. The van der Waals surface area contributed by atoms with Gasteiger partial charge in [-0.3, -0.25) is 4.98 Å².